The van der Waals surface area contributed by atoms with Crippen LogP contribution in [0.3, 0.4) is 0 Å². The van der Waals surface area contributed by atoms with Crippen molar-refractivity contribution in [2.75, 3.05) is 24.6 Å². The van der Waals surface area contributed by atoms with E-state index in [0.717, 1.165) is 0 Å². The lowest BCUT2D eigenvalue weighted by Crippen LogP contribution is -2.11. The Hall–Kier alpha value is 0.430. The number of hydrogen-bond acceptors (Lipinski definition) is 0. The Bertz CT molecular complexity index is 238. The summed E-state index contributed by atoms with van der Waals surface area (Å²) in [4.78, 5) is 0. The molecule has 0 rings (SSSR count). The van der Waals surface area contributed by atoms with Crippen LogP contribution in [-0.4, -0.2) is 24.6 Å². The van der Waals surface area contributed by atoms with Crippen molar-refractivity contribution in [1.82, 2.24) is 0 Å². The molecular formula is C23H50P+. The minimum Gasteiger partial charge on any atom is -0.0654 e. The van der Waals surface area contributed by atoms with E-state index < -0.39 is 7.26 Å². The molecule has 0 aliphatic rings. The molecule has 1 atom stereocenters. The van der Waals surface area contributed by atoms with E-state index in [2.05, 4.69) is 27.7 Å². The van der Waals surface area contributed by atoms with E-state index in [1.54, 1.807) is 18.5 Å². The van der Waals surface area contributed by atoms with Crippen LogP contribution in [0.15, 0.2) is 0 Å². The Morgan fingerprint density at radius 1 is 0.375 bits per heavy atom. The van der Waals surface area contributed by atoms with Gasteiger partial charge in [-0.3, -0.25) is 0 Å². The van der Waals surface area contributed by atoms with E-state index in [4.69, 9.17) is 0 Å². The Labute approximate surface area is 156 Å². The lowest BCUT2D eigenvalue weighted by Gasteiger charge is -2.27. The minimum atomic E-state index is -0.621. The Balaban J connectivity index is 4.20. The highest BCUT2D eigenvalue weighted by atomic mass is 31.2. The van der Waals surface area contributed by atoms with Crippen LogP contribution in [0.4, 0.5) is 0 Å². The first-order valence-corrected chi connectivity index (χ1v) is 14.1. The Morgan fingerprint density at radius 2 is 0.667 bits per heavy atom. The van der Waals surface area contributed by atoms with E-state index in [-0.39, 0.29) is 0 Å². The topological polar surface area (TPSA) is 0 Å². The summed E-state index contributed by atoms with van der Waals surface area (Å²) < 4.78 is 0. The van der Waals surface area contributed by atoms with Gasteiger partial charge in [0.1, 0.15) is 0 Å². The summed E-state index contributed by atoms with van der Waals surface area (Å²) in [5.41, 5.74) is 0. The fourth-order valence-corrected chi connectivity index (χ4v) is 8.26. The van der Waals surface area contributed by atoms with E-state index in [1.165, 1.54) is 102 Å². The van der Waals surface area contributed by atoms with E-state index in [1.807, 2.05) is 0 Å². The van der Waals surface area contributed by atoms with Gasteiger partial charge >= 0.3 is 0 Å². The van der Waals surface area contributed by atoms with Gasteiger partial charge in [0, 0.05) is 7.26 Å². The zero-order valence-corrected chi connectivity index (χ0v) is 18.8. The van der Waals surface area contributed by atoms with Gasteiger partial charge in [0.05, 0.1) is 24.6 Å². The Morgan fingerprint density at radius 3 is 1.00 bits per heavy atom. The van der Waals surface area contributed by atoms with Crippen molar-refractivity contribution >= 4 is 7.26 Å². The highest BCUT2D eigenvalue weighted by Gasteiger charge is 2.33. The van der Waals surface area contributed by atoms with Crippen molar-refractivity contribution in [3.8, 4) is 0 Å². The molecular weight excluding hydrogens is 307 g/mol. The molecule has 0 heterocycles. The van der Waals surface area contributed by atoms with Gasteiger partial charge in [-0.15, -0.1) is 0 Å². The van der Waals surface area contributed by atoms with E-state index in [9.17, 15) is 0 Å². The molecule has 0 N–H and O–H groups in total. The largest absolute Gasteiger partial charge is 0.0654 e. The molecule has 0 aromatic rings. The Kier molecular flexibility index (Phi) is 18.6. The molecule has 0 nitrogen and oxygen atoms in total. The molecule has 0 bridgehead atoms. The zero-order valence-electron chi connectivity index (χ0n) is 17.9. The summed E-state index contributed by atoms with van der Waals surface area (Å²) in [7, 11) is -0.621. The zero-order chi connectivity index (χ0) is 17.9. The van der Waals surface area contributed by atoms with Crippen molar-refractivity contribution in [3.63, 3.8) is 0 Å². The third kappa shape index (κ3) is 13.7. The first-order valence-electron chi connectivity index (χ1n) is 11.6. The molecule has 0 saturated carbocycles. The number of unbranched alkanes of at least 4 members (excludes halogenated alkanes) is 12. The van der Waals surface area contributed by atoms with Crippen molar-refractivity contribution < 1.29 is 0 Å². The summed E-state index contributed by atoms with van der Waals surface area (Å²) >= 11 is 0. The fraction of sp³-hybridized carbons (Fsp3) is 1.00. The maximum absolute atomic E-state index is 2.52. The molecule has 0 aliphatic heterocycles. The third-order valence-corrected chi connectivity index (χ3v) is 11.0. The normalized spacial score (nSPS) is 14.0. The molecule has 1 heteroatoms. The third-order valence-electron chi connectivity index (χ3n) is 5.88. The molecule has 0 spiro atoms. The molecule has 0 fully saturated rings. The van der Waals surface area contributed by atoms with Crippen molar-refractivity contribution in [2.24, 2.45) is 0 Å². The summed E-state index contributed by atoms with van der Waals surface area (Å²) in [5, 5.41) is 0. The lowest BCUT2D eigenvalue weighted by molar-refractivity contribution is 0.623. The maximum atomic E-state index is 2.52. The van der Waals surface area contributed by atoms with Gasteiger partial charge in [-0.25, -0.2) is 0 Å². The second-order valence-electron chi connectivity index (χ2n) is 8.07. The summed E-state index contributed by atoms with van der Waals surface area (Å²) in [5.74, 6) is 0. The fourth-order valence-electron chi connectivity index (χ4n) is 3.96. The van der Waals surface area contributed by atoms with Crippen LogP contribution in [0, 0.1) is 0 Å². The van der Waals surface area contributed by atoms with Crippen molar-refractivity contribution in [2.45, 2.75) is 124 Å². The number of rotatable bonds is 19. The van der Waals surface area contributed by atoms with Crippen molar-refractivity contribution in [1.29, 1.82) is 0 Å². The molecule has 1 unspecified atom stereocenters. The second kappa shape index (κ2) is 18.2. The van der Waals surface area contributed by atoms with Crippen LogP contribution < -0.4 is 0 Å². The molecule has 0 radical (unpaired) electrons. The van der Waals surface area contributed by atoms with Crippen LogP contribution >= 0.6 is 7.26 Å². The average Bonchev–Trinajstić information content (AvgIpc) is 2.61. The summed E-state index contributed by atoms with van der Waals surface area (Å²) in [6.45, 7) is 9.51. The van der Waals surface area contributed by atoms with Crippen LogP contribution in [0.2, 0.25) is 0 Å². The van der Waals surface area contributed by atoms with Gasteiger partial charge in [-0.1, -0.05) is 78.6 Å². The molecule has 24 heavy (non-hydrogen) atoms. The van der Waals surface area contributed by atoms with E-state index >= 15 is 0 Å². The van der Waals surface area contributed by atoms with Gasteiger partial charge < -0.3 is 0 Å². The molecule has 0 amide bonds. The van der Waals surface area contributed by atoms with Crippen LogP contribution in [-0.2, 0) is 0 Å². The molecule has 0 aromatic heterocycles. The highest BCUT2D eigenvalue weighted by molar-refractivity contribution is 7.75. The summed E-state index contributed by atoms with van der Waals surface area (Å²) in [6.07, 6.45) is 28.4. The predicted octanol–water partition coefficient (Wildman–Crippen LogP) is 8.94. The van der Waals surface area contributed by atoms with E-state index in [0.29, 0.717) is 0 Å². The average molecular weight is 358 g/mol. The van der Waals surface area contributed by atoms with Crippen LogP contribution in [0.1, 0.15) is 124 Å². The van der Waals surface area contributed by atoms with Crippen LogP contribution in [0.5, 0.6) is 0 Å². The van der Waals surface area contributed by atoms with Gasteiger partial charge in [0.25, 0.3) is 0 Å². The minimum absolute atomic E-state index is 0.621. The first-order chi connectivity index (χ1) is 11.7. The highest BCUT2D eigenvalue weighted by Crippen LogP contribution is 2.60. The quantitative estimate of drug-likeness (QED) is 0.160. The number of hydrogen-bond donors (Lipinski definition) is 0. The first kappa shape index (κ1) is 24.4. The lowest BCUT2D eigenvalue weighted by atomic mass is 10.1. The van der Waals surface area contributed by atoms with Gasteiger partial charge in [0.15, 0.2) is 0 Å². The van der Waals surface area contributed by atoms with Gasteiger partial charge in [-0.2, -0.15) is 0 Å². The standard InChI is InChI=1S/C23H50P/c1-5-9-12-15-17-20-23-24(8-4,21-18-14-11-7-3)22-19-16-13-10-6-2/h5-23H2,1-4H3/q+1. The van der Waals surface area contributed by atoms with Crippen molar-refractivity contribution in [3.05, 3.63) is 0 Å². The molecule has 0 aromatic carbocycles. The molecule has 146 valence electrons. The summed E-state index contributed by atoms with van der Waals surface area (Å²) in [6, 6.07) is 0. The SMILES string of the molecule is CCCCCCCC[P+](CC)(CCCCCC)CCCCCCC. The monoisotopic (exact) mass is 357 g/mol. The smallest absolute Gasteiger partial charge is 0.0594 e. The molecule has 0 aliphatic carbocycles. The van der Waals surface area contributed by atoms with Crippen LogP contribution in [0.25, 0.3) is 0 Å². The van der Waals surface area contributed by atoms with Gasteiger partial charge in [0.2, 0.25) is 0 Å². The van der Waals surface area contributed by atoms with Gasteiger partial charge in [-0.05, 0) is 45.4 Å². The maximum Gasteiger partial charge on any atom is 0.0594 e. The predicted molar refractivity (Wildman–Crippen MR) is 118 cm³/mol. The second-order valence-corrected chi connectivity index (χ2v) is 12.7. The molecule has 0 saturated heterocycles.